The highest BCUT2D eigenvalue weighted by molar-refractivity contribution is 7.84. The lowest BCUT2D eigenvalue weighted by Gasteiger charge is -1.97. The van der Waals surface area contributed by atoms with Crippen LogP contribution in [0.4, 0.5) is 0 Å². The fourth-order valence-electron chi connectivity index (χ4n) is 1.27. The van der Waals surface area contributed by atoms with Gasteiger partial charge in [-0.25, -0.2) is 9.13 Å². The lowest BCUT2D eigenvalue weighted by Crippen LogP contribution is -2.29. The van der Waals surface area contributed by atoms with Crippen molar-refractivity contribution in [2.75, 3.05) is 12.0 Å². The van der Waals surface area contributed by atoms with Gasteiger partial charge in [-0.3, -0.25) is 4.21 Å². The number of rotatable bonds is 4. The average molecular weight is 201 g/mol. The number of hydrogen-bond acceptors (Lipinski definition) is 1. The molecule has 1 atom stereocenters. The summed E-state index contributed by atoms with van der Waals surface area (Å²) in [6.07, 6.45) is 6.84. The Morgan fingerprint density at radius 2 is 2.31 bits per heavy atom. The van der Waals surface area contributed by atoms with Crippen LogP contribution in [0.5, 0.6) is 0 Å². The molecule has 1 aromatic heterocycles. The van der Waals surface area contributed by atoms with E-state index in [0.29, 0.717) is 0 Å². The van der Waals surface area contributed by atoms with Gasteiger partial charge in [0, 0.05) is 29.7 Å². The molecule has 13 heavy (non-hydrogen) atoms. The van der Waals surface area contributed by atoms with Gasteiger partial charge in [0.15, 0.2) is 0 Å². The molecule has 3 nitrogen and oxygen atoms in total. The van der Waals surface area contributed by atoms with Crippen molar-refractivity contribution in [1.29, 1.82) is 0 Å². The third-order valence-electron chi connectivity index (χ3n) is 2.23. The van der Waals surface area contributed by atoms with Crippen LogP contribution in [0.25, 0.3) is 0 Å². The van der Waals surface area contributed by atoms with E-state index in [1.165, 1.54) is 5.82 Å². The minimum Gasteiger partial charge on any atom is -0.260 e. The lowest BCUT2D eigenvalue weighted by molar-refractivity contribution is -0.677. The van der Waals surface area contributed by atoms with Crippen LogP contribution in [0, 0.1) is 6.92 Å². The Morgan fingerprint density at radius 3 is 2.77 bits per heavy atom. The largest absolute Gasteiger partial charge is 0.260 e. The highest BCUT2D eigenvalue weighted by Crippen LogP contribution is 1.96. The second kappa shape index (κ2) is 4.56. The van der Waals surface area contributed by atoms with Crippen molar-refractivity contribution in [1.82, 2.24) is 4.57 Å². The molecule has 0 aliphatic carbocycles. The van der Waals surface area contributed by atoms with Gasteiger partial charge < -0.3 is 0 Å². The quantitative estimate of drug-likeness (QED) is 0.647. The Balaban J connectivity index is 2.45. The highest BCUT2D eigenvalue weighted by Gasteiger charge is 2.07. The van der Waals surface area contributed by atoms with Gasteiger partial charge in [-0.15, -0.1) is 0 Å². The van der Waals surface area contributed by atoms with Crippen LogP contribution >= 0.6 is 0 Å². The van der Waals surface area contributed by atoms with E-state index in [2.05, 4.69) is 22.3 Å². The number of aryl methyl sites for hydroxylation is 2. The zero-order chi connectivity index (χ0) is 9.84. The molecule has 0 saturated heterocycles. The topological polar surface area (TPSA) is 25.9 Å². The van der Waals surface area contributed by atoms with Crippen molar-refractivity contribution < 1.29 is 8.78 Å². The zero-order valence-electron chi connectivity index (χ0n) is 8.49. The SMILES string of the molecule is Cc1n(CCCS(C)=O)cc[n+]1C. The van der Waals surface area contributed by atoms with Crippen LogP contribution in [0.1, 0.15) is 12.2 Å². The molecule has 1 unspecified atom stereocenters. The Hall–Kier alpha value is -0.640. The molecule has 0 fully saturated rings. The molecule has 4 heteroatoms. The predicted molar refractivity (Wildman–Crippen MR) is 53.9 cm³/mol. The Labute approximate surface area is 81.8 Å². The van der Waals surface area contributed by atoms with E-state index in [4.69, 9.17) is 0 Å². The van der Waals surface area contributed by atoms with Gasteiger partial charge in [0.25, 0.3) is 5.82 Å². The van der Waals surface area contributed by atoms with Crippen molar-refractivity contribution in [3.05, 3.63) is 18.2 Å². The fraction of sp³-hybridized carbons (Fsp3) is 0.667. The summed E-state index contributed by atoms with van der Waals surface area (Å²) in [5.74, 6) is 2.03. The van der Waals surface area contributed by atoms with E-state index >= 15 is 0 Å². The molecular weight excluding hydrogens is 184 g/mol. The zero-order valence-corrected chi connectivity index (χ0v) is 9.30. The van der Waals surface area contributed by atoms with Crippen LogP contribution in [-0.4, -0.2) is 20.8 Å². The minimum absolute atomic E-state index is 0.659. The maximum absolute atomic E-state index is 10.8. The molecule has 0 N–H and O–H groups in total. The summed E-state index contributed by atoms with van der Waals surface area (Å²) in [6, 6.07) is 0. The van der Waals surface area contributed by atoms with Crippen molar-refractivity contribution in [2.24, 2.45) is 7.05 Å². The van der Waals surface area contributed by atoms with Gasteiger partial charge in [0.1, 0.15) is 12.4 Å². The molecule has 0 amide bonds. The molecule has 0 aliphatic heterocycles. The number of nitrogens with zero attached hydrogens (tertiary/aromatic N) is 2. The van der Waals surface area contributed by atoms with E-state index in [-0.39, 0.29) is 0 Å². The van der Waals surface area contributed by atoms with Crippen LogP contribution in [0.2, 0.25) is 0 Å². The molecule has 1 aromatic rings. The second-order valence-electron chi connectivity index (χ2n) is 3.28. The molecule has 0 saturated carbocycles. The average Bonchev–Trinajstić information content (AvgIpc) is 2.35. The molecule has 0 spiro atoms. The number of aromatic nitrogens is 2. The van der Waals surface area contributed by atoms with E-state index in [1.54, 1.807) is 6.26 Å². The standard InChI is InChI=1S/C9H17N2OS/c1-9-10(2)6-7-11(9)5-4-8-13(3)12/h6-7H,4-5,8H2,1-3H3/q+1. The van der Waals surface area contributed by atoms with Crippen molar-refractivity contribution >= 4 is 10.8 Å². The second-order valence-corrected chi connectivity index (χ2v) is 4.84. The Bertz CT molecular complexity index is 307. The minimum atomic E-state index is -0.659. The molecule has 0 aliphatic rings. The molecule has 1 rings (SSSR count). The fourth-order valence-corrected chi connectivity index (χ4v) is 1.81. The molecule has 1 heterocycles. The van der Waals surface area contributed by atoms with E-state index in [0.717, 1.165) is 18.7 Å². The highest BCUT2D eigenvalue weighted by atomic mass is 32.2. The summed E-state index contributed by atoms with van der Waals surface area (Å²) in [6.45, 7) is 3.05. The van der Waals surface area contributed by atoms with E-state index < -0.39 is 10.8 Å². The predicted octanol–water partition coefficient (Wildman–Crippen LogP) is 0.390. The summed E-state index contributed by atoms with van der Waals surface area (Å²) in [5, 5.41) is 0. The molecule has 0 bridgehead atoms. The van der Waals surface area contributed by atoms with Gasteiger partial charge in [0.05, 0.1) is 13.6 Å². The van der Waals surface area contributed by atoms with E-state index in [9.17, 15) is 4.21 Å². The third kappa shape index (κ3) is 2.95. The van der Waals surface area contributed by atoms with Gasteiger partial charge in [-0.05, 0) is 6.42 Å². The summed E-state index contributed by atoms with van der Waals surface area (Å²) in [5.41, 5.74) is 0. The smallest absolute Gasteiger partial charge is 0.253 e. The van der Waals surface area contributed by atoms with Crippen LogP contribution in [0.3, 0.4) is 0 Å². The molecule has 74 valence electrons. The first kappa shape index (κ1) is 10.4. The summed E-state index contributed by atoms with van der Waals surface area (Å²) in [7, 11) is 1.37. The molecule has 0 aromatic carbocycles. The van der Waals surface area contributed by atoms with Crippen molar-refractivity contribution in [3.63, 3.8) is 0 Å². The van der Waals surface area contributed by atoms with Gasteiger partial charge in [0.2, 0.25) is 0 Å². The van der Waals surface area contributed by atoms with Gasteiger partial charge >= 0.3 is 0 Å². The van der Waals surface area contributed by atoms with Crippen molar-refractivity contribution in [3.8, 4) is 0 Å². The van der Waals surface area contributed by atoms with Gasteiger partial charge in [-0.1, -0.05) is 0 Å². The third-order valence-corrected chi connectivity index (χ3v) is 3.09. The first-order valence-electron chi connectivity index (χ1n) is 4.42. The molecular formula is C9H17N2OS+. The number of hydrogen-bond donors (Lipinski definition) is 0. The lowest BCUT2D eigenvalue weighted by atomic mass is 10.4. The maximum atomic E-state index is 10.8. The van der Waals surface area contributed by atoms with Crippen LogP contribution < -0.4 is 4.57 Å². The van der Waals surface area contributed by atoms with Crippen LogP contribution in [0.15, 0.2) is 12.4 Å². The van der Waals surface area contributed by atoms with E-state index in [1.807, 2.05) is 13.2 Å². The summed E-state index contributed by atoms with van der Waals surface area (Å²) in [4.78, 5) is 0. The Morgan fingerprint density at radius 1 is 1.62 bits per heavy atom. The van der Waals surface area contributed by atoms with Crippen LogP contribution in [-0.2, 0) is 24.4 Å². The molecule has 0 radical (unpaired) electrons. The monoisotopic (exact) mass is 201 g/mol. The first-order valence-corrected chi connectivity index (χ1v) is 6.15. The number of imidazole rings is 1. The van der Waals surface area contributed by atoms with Gasteiger partial charge in [-0.2, -0.15) is 0 Å². The first-order chi connectivity index (χ1) is 6.11. The summed E-state index contributed by atoms with van der Waals surface area (Å²) < 4.78 is 15.1. The Kier molecular flexibility index (Phi) is 3.66. The normalized spacial score (nSPS) is 13.2. The maximum Gasteiger partial charge on any atom is 0.253 e. The summed E-state index contributed by atoms with van der Waals surface area (Å²) >= 11 is 0. The van der Waals surface area contributed by atoms with Crippen molar-refractivity contribution in [2.45, 2.75) is 19.9 Å².